The van der Waals surface area contributed by atoms with Crippen molar-refractivity contribution in [2.24, 2.45) is 0 Å². The van der Waals surface area contributed by atoms with Crippen LogP contribution in [0.5, 0.6) is 0 Å². The first-order chi connectivity index (χ1) is 6.75. The van der Waals surface area contributed by atoms with E-state index >= 15 is 0 Å². The first-order valence-electron chi connectivity index (χ1n) is 4.89. The lowest BCUT2D eigenvalue weighted by molar-refractivity contribution is 0.0979. The van der Waals surface area contributed by atoms with E-state index in [-0.39, 0.29) is 5.78 Å². The van der Waals surface area contributed by atoms with E-state index in [1.54, 1.807) is 18.3 Å². The molecule has 0 unspecified atom stereocenters. The summed E-state index contributed by atoms with van der Waals surface area (Å²) in [5.41, 5.74) is 0.547. The van der Waals surface area contributed by atoms with Gasteiger partial charge in [-0.05, 0) is 18.6 Å². The molecule has 2 nitrogen and oxygen atoms in total. The third-order valence-corrected chi connectivity index (χ3v) is 2.37. The highest BCUT2D eigenvalue weighted by atomic mass is 35.5. The van der Waals surface area contributed by atoms with E-state index in [1.807, 2.05) is 0 Å². The number of ketones is 1. The maximum atomic E-state index is 11.6. The molecule has 0 N–H and O–H groups in total. The smallest absolute Gasteiger partial charge is 0.165 e. The molecule has 0 saturated heterocycles. The molecule has 0 aliphatic heterocycles. The minimum Gasteiger partial charge on any atom is -0.294 e. The summed E-state index contributed by atoms with van der Waals surface area (Å²) in [5, 5.41) is 0.314. The standard InChI is InChI=1S/C11H14ClNO/c1-2-3-4-7-10(14)9-6-5-8-13-11(9)12/h5-6,8H,2-4,7H2,1H3. The van der Waals surface area contributed by atoms with Gasteiger partial charge in [-0.1, -0.05) is 31.4 Å². The zero-order valence-electron chi connectivity index (χ0n) is 8.29. The van der Waals surface area contributed by atoms with Gasteiger partial charge >= 0.3 is 0 Å². The molecule has 1 aromatic rings. The Kier molecular flexibility index (Phi) is 4.60. The van der Waals surface area contributed by atoms with E-state index in [0.717, 1.165) is 19.3 Å². The van der Waals surface area contributed by atoms with Crippen molar-refractivity contribution >= 4 is 17.4 Å². The van der Waals surface area contributed by atoms with Gasteiger partial charge in [0.15, 0.2) is 5.78 Å². The summed E-state index contributed by atoms with van der Waals surface area (Å²) in [5.74, 6) is 0.0940. The van der Waals surface area contributed by atoms with Crippen molar-refractivity contribution in [2.45, 2.75) is 32.6 Å². The lowest BCUT2D eigenvalue weighted by Gasteiger charge is -2.01. The van der Waals surface area contributed by atoms with Crippen molar-refractivity contribution < 1.29 is 4.79 Å². The van der Waals surface area contributed by atoms with Crippen molar-refractivity contribution in [3.63, 3.8) is 0 Å². The Balaban J connectivity index is 2.56. The molecule has 1 rings (SSSR count). The van der Waals surface area contributed by atoms with Gasteiger partial charge in [-0.15, -0.1) is 0 Å². The largest absolute Gasteiger partial charge is 0.294 e. The second-order valence-corrected chi connectivity index (χ2v) is 3.58. The Morgan fingerprint density at radius 1 is 1.50 bits per heavy atom. The molecule has 1 aromatic heterocycles. The molecule has 0 radical (unpaired) electrons. The minimum absolute atomic E-state index is 0.0940. The van der Waals surface area contributed by atoms with E-state index in [9.17, 15) is 4.79 Å². The number of carbonyl (C=O) groups excluding carboxylic acids is 1. The van der Waals surface area contributed by atoms with Crippen LogP contribution in [0, 0.1) is 0 Å². The topological polar surface area (TPSA) is 30.0 Å². The summed E-state index contributed by atoms with van der Waals surface area (Å²) in [6, 6.07) is 3.46. The van der Waals surface area contributed by atoms with E-state index in [1.165, 1.54) is 0 Å². The van der Waals surface area contributed by atoms with Gasteiger partial charge in [0.2, 0.25) is 0 Å². The third kappa shape index (κ3) is 3.11. The lowest BCUT2D eigenvalue weighted by atomic mass is 10.1. The van der Waals surface area contributed by atoms with E-state index < -0.39 is 0 Å². The molecule has 0 atom stereocenters. The van der Waals surface area contributed by atoms with Crippen LogP contribution in [0.4, 0.5) is 0 Å². The van der Waals surface area contributed by atoms with Gasteiger partial charge in [0.1, 0.15) is 5.15 Å². The Hall–Kier alpha value is -0.890. The van der Waals surface area contributed by atoms with E-state index in [4.69, 9.17) is 11.6 Å². The number of hydrogen-bond acceptors (Lipinski definition) is 2. The molecule has 0 fully saturated rings. The van der Waals surface area contributed by atoms with Crippen LogP contribution in [0.15, 0.2) is 18.3 Å². The summed E-state index contributed by atoms with van der Waals surface area (Å²) < 4.78 is 0. The number of unbranched alkanes of at least 4 members (excludes halogenated alkanes) is 2. The Labute approximate surface area is 89.3 Å². The summed E-state index contributed by atoms with van der Waals surface area (Å²) in [6.07, 6.45) is 5.29. The van der Waals surface area contributed by atoms with Crippen LogP contribution in [0.25, 0.3) is 0 Å². The summed E-state index contributed by atoms with van der Waals surface area (Å²) >= 11 is 5.80. The van der Waals surface area contributed by atoms with Crippen LogP contribution in [-0.2, 0) is 0 Å². The number of halogens is 1. The quantitative estimate of drug-likeness (QED) is 0.424. The van der Waals surface area contributed by atoms with Crippen molar-refractivity contribution in [3.8, 4) is 0 Å². The molecular formula is C11H14ClNO. The van der Waals surface area contributed by atoms with Crippen LogP contribution < -0.4 is 0 Å². The van der Waals surface area contributed by atoms with Crippen LogP contribution in [0.3, 0.4) is 0 Å². The van der Waals surface area contributed by atoms with Gasteiger partial charge in [0.05, 0.1) is 5.56 Å². The predicted octanol–water partition coefficient (Wildman–Crippen LogP) is 3.50. The van der Waals surface area contributed by atoms with E-state index in [2.05, 4.69) is 11.9 Å². The first-order valence-corrected chi connectivity index (χ1v) is 5.27. The predicted molar refractivity (Wildman–Crippen MR) is 57.7 cm³/mol. The summed E-state index contributed by atoms with van der Waals surface area (Å²) in [6.45, 7) is 2.11. The first kappa shape index (κ1) is 11.2. The van der Waals surface area contributed by atoms with Gasteiger partial charge in [0.25, 0.3) is 0 Å². The number of rotatable bonds is 5. The molecule has 14 heavy (non-hydrogen) atoms. The van der Waals surface area contributed by atoms with E-state index in [0.29, 0.717) is 17.1 Å². The maximum absolute atomic E-state index is 11.6. The molecule has 0 saturated carbocycles. The van der Waals surface area contributed by atoms with Crippen LogP contribution >= 0.6 is 11.6 Å². The van der Waals surface area contributed by atoms with Crippen LogP contribution in [0.2, 0.25) is 5.15 Å². The van der Waals surface area contributed by atoms with Crippen molar-refractivity contribution in [2.75, 3.05) is 0 Å². The molecule has 0 amide bonds. The number of aromatic nitrogens is 1. The Morgan fingerprint density at radius 2 is 2.29 bits per heavy atom. The normalized spacial score (nSPS) is 10.1. The summed E-state index contributed by atoms with van der Waals surface area (Å²) in [7, 11) is 0. The highest BCUT2D eigenvalue weighted by Crippen LogP contribution is 2.15. The summed E-state index contributed by atoms with van der Waals surface area (Å²) in [4.78, 5) is 15.5. The molecule has 76 valence electrons. The molecule has 0 aliphatic carbocycles. The molecular weight excluding hydrogens is 198 g/mol. The number of hydrogen-bond donors (Lipinski definition) is 0. The maximum Gasteiger partial charge on any atom is 0.165 e. The fraction of sp³-hybridized carbons (Fsp3) is 0.455. The zero-order valence-corrected chi connectivity index (χ0v) is 9.05. The fourth-order valence-electron chi connectivity index (χ4n) is 1.26. The van der Waals surface area contributed by atoms with Crippen molar-refractivity contribution in [1.29, 1.82) is 0 Å². The lowest BCUT2D eigenvalue weighted by Crippen LogP contribution is -2.00. The number of nitrogens with zero attached hydrogens (tertiary/aromatic N) is 1. The van der Waals surface area contributed by atoms with Gasteiger partial charge in [0, 0.05) is 12.6 Å². The van der Waals surface area contributed by atoms with Crippen molar-refractivity contribution in [3.05, 3.63) is 29.0 Å². The number of carbonyl (C=O) groups is 1. The Bertz CT molecular complexity index is 312. The fourth-order valence-corrected chi connectivity index (χ4v) is 1.49. The average molecular weight is 212 g/mol. The highest BCUT2D eigenvalue weighted by molar-refractivity contribution is 6.32. The number of Topliss-reactive ketones (excluding diaryl/α,β-unsaturated/α-hetero) is 1. The minimum atomic E-state index is 0.0940. The molecule has 0 aromatic carbocycles. The van der Waals surface area contributed by atoms with Gasteiger partial charge < -0.3 is 0 Å². The molecule has 0 bridgehead atoms. The van der Waals surface area contributed by atoms with Gasteiger partial charge in [-0.3, -0.25) is 4.79 Å². The van der Waals surface area contributed by atoms with Crippen LogP contribution in [-0.4, -0.2) is 10.8 Å². The molecule has 3 heteroatoms. The SMILES string of the molecule is CCCCCC(=O)c1cccnc1Cl. The second kappa shape index (κ2) is 5.76. The molecule has 0 spiro atoms. The van der Waals surface area contributed by atoms with Crippen molar-refractivity contribution in [1.82, 2.24) is 4.98 Å². The molecule has 1 heterocycles. The third-order valence-electron chi connectivity index (χ3n) is 2.07. The van der Waals surface area contributed by atoms with Gasteiger partial charge in [-0.25, -0.2) is 4.98 Å². The average Bonchev–Trinajstić information content (AvgIpc) is 2.18. The number of pyridine rings is 1. The highest BCUT2D eigenvalue weighted by Gasteiger charge is 2.09. The molecule has 0 aliphatic rings. The monoisotopic (exact) mass is 211 g/mol. The second-order valence-electron chi connectivity index (χ2n) is 3.22. The Morgan fingerprint density at radius 3 is 2.93 bits per heavy atom. The zero-order chi connectivity index (χ0) is 10.4. The van der Waals surface area contributed by atoms with Crippen LogP contribution in [0.1, 0.15) is 43.0 Å². The van der Waals surface area contributed by atoms with Gasteiger partial charge in [-0.2, -0.15) is 0 Å².